The van der Waals surface area contributed by atoms with Crippen LogP contribution in [0.4, 0.5) is 11.4 Å². The first-order valence-electron chi connectivity index (χ1n) is 10.0. The summed E-state index contributed by atoms with van der Waals surface area (Å²) in [5.41, 5.74) is 4.65. The van der Waals surface area contributed by atoms with Gasteiger partial charge in [0, 0.05) is 42.8 Å². The van der Waals surface area contributed by atoms with Gasteiger partial charge in [0.2, 0.25) is 0 Å². The van der Waals surface area contributed by atoms with Crippen molar-refractivity contribution >= 4 is 23.1 Å². The van der Waals surface area contributed by atoms with Gasteiger partial charge in [0.1, 0.15) is 5.69 Å². The van der Waals surface area contributed by atoms with Gasteiger partial charge in [-0.15, -0.1) is 0 Å². The molecule has 154 valence electrons. The molecule has 0 unspecified atom stereocenters. The van der Waals surface area contributed by atoms with Crippen LogP contribution in [0.3, 0.4) is 0 Å². The normalized spacial score (nSPS) is 13.9. The van der Waals surface area contributed by atoms with Crippen molar-refractivity contribution < 1.29 is 14.3 Å². The summed E-state index contributed by atoms with van der Waals surface area (Å²) in [5.74, 6) is -1.20. The van der Waals surface area contributed by atoms with Crippen LogP contribution in [0.1, 0.15) is 16.2 Å². The van der Waals surface area contributed by atoms with Gasteiger partial charge in [-0.3, -0.25) is 9.59 Å². The second-order valence-corrected chi connectivity index (χ2v) is 7.40. The number of Topliss-reactive ketones (excluding diaryl/α,β-unsaturated/α-hetero) is 1. The number of morpholine rings is 1. The molecule has 1 aliphatic heterocycles. The van der Waals surface area contributed by atoms with Gasteiger partial charge in [0.05, 0.1) is 13.2 Å². The van der Waals surface area contributed by atoms with Crippen molar-refractivity contribution in [2.45, 2.75) is 6.92 Å². The number of carbonyl (C=O) groups is 2. The van der Waals surface area contributed by atoms with Crippen LogP contribution in [0, 0.1) is 6.92 Å². The second kappa shape index (κ2) is 8.55. The fourth-order valence-electron chi connectivity index (χ4n) is 3.72. The van der Waals surface area contributed by atoms with Gasteiger partial charge in [-0.2, -0.15) is 0 Å². The van der Waals surface area contributed by atoms with Crippen molar-refractivity contribution in [3.8, 4) is 11.1 Å². The molecular weight excluding hydrogens is 378 g/mol. The van der Waals surface area contributed by atoms with Crippen molar-refractivity contribution in [1.82, 2.24) is 4.57 Å². The number of ether oxygens (including phenoxy) is 1. The van der Waals surface area contributed by atoms with Gasteiger partial charge < -0.3 is 19.5 Å². The predicted molar refractivity (Wildman–Crippen MR) is 118 cm³/mol. The van der Waals surface area contributed by atoms with Crippen LogP contribution >= 0.6 is 0 Å². The molecule has 6 heteroatoms. The van der Waals surface area contributed by atoms with E-state index in [1.807, 2.05) is 67.6 Å². The summed E-state index contributed by atoms with van der Waals surface area (Å²) in [6.45, 7) is 5.05. The minimum absolute atomic E-state index is 0.390. The molecule has 2 aromatic carbocycles. The Hall–Kier alpha value is -3.38. The monoisotopic (exact) mass is 403 g/mol. The Morgan fingerprint density at radius 2 is 1.63 bits per heavy atom. The number of carbonyl (C=O) groups excluding carboxylic acids is 2. The van der Waals surface area contributed by atoms with E-state index in [4.69, 9.17) is 4.74 Å². The van der Waals surface area contributed by atoms with Crippen molar-refractivity contribution in [3.05, 3.63) is 72.1 Å². The molecule has 4 rings (SSSR count). The Balaban J connectivity index is 1.53. The number of aryl methyl sites for hydroxylation is 1. The molecule has 0 radical (unpaired) electrons. The van der Waals surface area contributed by atoms with Crippen LogP contribution in [-0.4, -0.2) is 42.6 Å². The molecule has 0 bridgehead atoms. The predicted octanol–water partition coefficient (Wildman–Crippen LogP) is 3.66. The summed E-state index contributed by atoms with van der Waals surface area (Å²) in [4.78, 5) is 28.0. The zero-order valence-corrected chi connectivity index (χ0v) is 17.2. The van der Waals surface area contributed by atoms with Gasteiger partial charge in [-0.05, 0) is 42.8 Å². The van der Waals surface area contributed by atoms with E-state index in [-0.39, 0.29) is 0 Å². The average molecular weight is 403 g/mol. The second-order valence-electron chi connectivity index (χ2n) is 7.40. The van der Waals surface area contributed by atoms with E-state index >= 15 is 0 Å². The summed E-state index contributed by atoms with van der Waals surface area (Å²) >= 11 is 0. The third-order valence-corrected chi connectivity index (χ3v) is 5.48. The number of nitrogens with one attached hydrogen (secondary N) is 1. The first-order chi connectivity index (χ1) is 14.5. The van der Waals surface area contributed by atoms with E-state index in [1.54, 1.807) is 11.6 Å². The number of hydrogen-bond acceptors (Lipinski definition) is 4. The van der Waals surface area contributed by atoms with E-state index < -0.39 is 11.7 Å². The van der Waals surface area contributed by atoms with Crippen molar-refractivity contribution in [1.29, 1.82) is 0 Å². The van der Waals surface area contributed by atoms with Gasteiger partial charge in [-0.25, -0.2) is 0 Å². The highest BCUT2D eigenvalue weighted by molar-refractivity contribution is 6.47. The summed E-state index contributed by atoms with van der Waals surface area (Å²) in [5, 5.41) is 2.74. The zero-order valence-electron chi connectivity index (χ0n) is 17.2. The summed E-state index contributed by atoms with van der Waals surface area (Å²) in [6.07, 6.45) is 0. The first kappa shape index (κ1) is 19.9. The molecule has 3 aromatic rings. The fraction of sp³-hybridized carbons (Fsp3) is 0.250. The standard InChI is InChI=1S/C24H25N3O3/c1-17-16-21(18-6-4-3-5-7-18)22(26(17)2)23(28)24(29)25-19-8-10-20(11-9-19)27-12-14-30-15-13-27/h3-11,16H,12-15H2,1-2H3,(H,25,29). The van der Waals surface area contributed by atoms with Crippen LogP contribution in [0.5, 0.6) is 0 Å². The highest BCUT2D eigenvalue weighted by Gasteiger charge is 2.25. The topological polar surface area (TPSA) is 63.6 Å². The molecule has 0 spiro atoms. The maximum Gasteiger partial charge on any atom is 0.298 e. The maximum atomic E-state index is 13.0. The quantitative estimate of drug-likeness (QED) is 0.522. The lowest BCUT2D eigenvalue weighted by atomic mass is 10.0. The molecule has 1 amide bonds. The zero-order chi connectivity index (χ0) is 21.1. The lowest BCUT2D eigenvalue weighted by Gasteiger charge is -2.28. The largest absolute Gasteiger partial charge is 0.378 e. The minimum atomic E-state index is -0.646. The number of amides is 1. The number of aromatic nitrogens is 1. The Bertz CT molecular complexity index is 1050. The minimum Gasteiger partial charge on any atom is -0.378 e. The lowest BCUT2D eigenvalue weighted by molar-refractivity contribution is -0.112. The van der Waals surface area contributed by atoms with Crippen LogP contribution in [0.2, 0.25) is 0 Å². The highest BCUT2D eigenvalue weighted by atomic mass is 16.5. The first-order valence-corrected chi connectivity index (χ1v) is 10.0. The molecule has 0 saturated carbocycles. The molecule has 30 heavy (non-hydrogen) atoms. The van der Waals surface area contributed by atoms with E-state index in [1.165, 1.54) is 0 Å². The maximum absolute atomic E-state index is 13.0. The summed E-state index contributed by atoms with van der Waals surface area (Å²) < 4.78 is 7.15. The lowest BCUT2D eigenvalue weighted by Crippen LogP contribution is -2.36. The molecular formula is C24H25N3O3. The van der Waals surface area contributed by atoms with Crippen molar-refractivity contribution in [3.63, 3.8) is 0 Å². The number of nitrogens with zero attached hydrogens (tertiary/aromatic N) is 2. The van der Waals surface area contributed by atoms with Crippen LogP contribution < -0.4 is 10.2 Å². The van der Waals surface area contributed by atoms with Crippen molar-refractivity contribution in [2.24, 2.45) is 7.05 Å². The third-order valence-electron chi connectivity index (χ3n) is 5.48. The number of anilines is 2. The molecule has 0 atom stereocenters. The van der Waals surface area contributed by atoms with Crippen LogP contribution in [-0.2, 0) is 16.6 Å². The van der Waals surface area contributed by atoms with Crippen LogP contribution in [0.25, 0.3) is 11.1 Å². The van der Waals surface area contributed by atoms with Crippen molar-refractivity contribution in [2.75, 3.05) is 36.5 Å². The summed E-state index contributed by atoms with van der Waals surface area (Å²) in [7, 11) is 1.80. The number of ketones is 1. The van der Waals surface area contributed by atoms with Gasteiger partial charge in [0.15, 0.2) is 0 Å². The Morgan fingerprint density at radius 1 is 0.967 bits per heavy atom. The number of hydrogen-bond donors (Lipinski definition) is 1. The molecule has 1 N–H and O–H groups in total. The number of rotatable bonds is 5. The molecule has 1 fully saturated rings. The Morgan fingerprint density at radius 3 is 2.30 bits per heavy atom. The molecule has 1 aromatic heterocycles. The smallest absolute Gasteiger partial charge is 0.298 e. The van der Waals surface area contributed by atoms with Gasteiger partial charge >= 0.3 is 0 Å². The highest BCUT2D eigenvalue weighted by Crippen LogP contribution is 2.27. The fourth-order valence-corrected chi connectivity index (χ4v) is 3.72. The third kappa shape index (κ3) is 4.00. The Kier molecular flexibility index (Phi) is 5.68. The van der Waals surface area contributed by atoms with E-state index in [2.05, 4.69) is 10.2 Å². The SMILES string of the molecule is Cc1cc(-c2ccccc2)c(C(=O)C(=O)Nc2ccc(N3CCOCC3)cc2)n1C. The molecule has 6 nitrogen and oxygen atoms in total. The van der Waals surface area contributed by atoms with Gasteiger partial charge in [0.25, 0.3) is 11.7 Å². The van der Waals surface area contributed by atoms with E-state index in [9.17, 15) is 9.59 Å². The Labute approximate surface area is 176 Å². The number of benzene rings is 2. The molecule has 1 aliphatic rings. The van der Waals surface area contributed by atoms with E-state index in [0.29, 0.717) is 24.6 Å². The average Bonchev–Trinajstić information content (AvgIpc) is 3.09. The molecule has 1 saturated heterocycles. The summed E-state index contributed by atoms with van der Waals surface area (Å²) in [6, 6.07) is 19.1. The van der Waals surface area contributed by atoms with E-state index in [0.717, 1.165) is 35.6 Å². The van der Waals surface area contributed by atoms with Crippen LogP contribution in [0.15, 0.2) is 60.7 Å². The molecule has 0 aliphatic carbocycles. The van der Waals surface area contributed by atoms with Gasteiger partial charge in [-0.1, -0.05) is 30.3 Å². The molecule has 2 heterocycles.